The van der Waals surface area contributed by atoms with Gasteiger partial charge < -0.3 is 10.1 Å². The van der Waals surface area contributed by atoms with Gasteiger partial charge in [-0.3, -0.25) is 4.79 Å². The highest BCUT2D eigenvalue weighted by Crippen LogP contribution is 2.28. The van der Waals surface area contributed by atoms with Crippen molar-refractivity contribution in [2.24, 2.45) is 0 Å². The molecule has 1 aromatic heterocycles. The van der Waals surface area contributed by atoms with E-state index in [1.54, 1.807) is 11.3 Å². The summed E-state index contributed by atoms with van der Waals surface area (Å²) >= 11 is 1.64. The van der Waals surface area contributed by atoms with Crippen molar-refractivity contribution in [2.75, 3.05) is 6.61 Å². The third-order valence-corrected chi connectivity index (χ3v) is 6.07. The van der Waals surface area contributed by atoms with Crippen LogP contribution in [0.2, 0.25) is 0 Å². The third kappa shape index (κ3) is 5.19. The number of amides is 1. The minimum atomic E-state index is -0.142. The molecule has 0 bridgehead atoms. The molecule has 0 unspecified atom stereocenters. The molecule has 31 heavy (non-hydrogen) atoms. The molecular formula is C26H24N2O2S. The summed E-state index contributed by atoms with van der Waals surface area (Å²) in [7, 11) is 0. The quantitative estimate of drug-likeness (QED) is 0.405. The van der Waals surface area contributed by atoms with Gasteiger partial charge in [-0.2, -0.15) is 0 Å². The minimum absolute atomic E-state index is 0.00344. The predicted molar refractivity (Wildman–Crippen MR) is 126 cm³/mol. The van der Waals surface area contributed by atoms with E-state index in [-0.39, 0.29) is 12.5 Å². The van der Waals surface area contributed by atoms with Crippen LogP contribution in [0.4, 0.5) is 0 Å². The fourth-order valence-electron chi connectivity index (χ4n) is 3.19. The molecule has 0 aliphatic rings. The lowest BCUT2D eigenvalue weighted by Gasteiger charge is -2.11. The lowest BCUT2D eigenvalue weighted by molar-refractivity contribution is -0.123. The fraction of sp³-hybridized carbons (Fsp3) is 0.154. The maximum atomic E-state index is 12.2. The van der Waals surface area contributed by atoms with E-state index in [1.807, 2.05) is 74.5 Å². The maximum Gasteiger partial charge on any atom is 0.258 e. The summed E-state index contributed by atoms with van der Waals surface area (Å²) in [6.45, 7) is 4.49. The number of ether oxygens (including phenoxy) is 1. The summed E-state index contributed by atoms with van der Waals surface area (Å²) in [6.07, 6.45) is 0. The smallest absolute Gasteiger partial charge is 0.258 e. The molecule has 0 saturated carbocycles. The van der Waals surface area contributed by atoms with Crippen LogP contribution < -0.4 is 10.1 Å². The van der Waals surface area contributed by atoms with Crippen LogP contribution in [0.3, 0.4) is 0 Å². The van der Waals surface area contributed by atoms with Crippen LogP contribution in [0.15, 0.2) is 78.2 Å². The number of rotatable bonds is 7. The Hall–Kier alpha value is -3.44. The van der Waals surface area contributed by atoms with Crippen LogP contribution in [0.1, 0.15) is 16.7 Å². The van der Waals surface area contributed by atoms with Gasteiger partial charge in [0.1, 0.15) is 10.8 Å². The number of carbonyl (C=O) groups excluding carboxylic acids is 1. The van der Waals surface area contributed by atoms with Gasteiger partial charge in [0.2, 0.25) is 0 Å². The van der Waals surface area contributed by atoms with Crippen molar-refractivity contribution in [1.82, 2.24) is 10.3 Å². The van der Waals surface area contributed by atoms with Crippen molar-refractivity contribution in [1.29, 1.82) is 0 Å². The molecule has 1 heterocycles. The second kappa shape index (κ2) is 9.58. The Balaban J connectivity index is 1.31. The van der Waals surface area contributed by atoms with Gasteiger partial charge in [-0.25, -0.2) is 4.98 Å². The van der Waals surface area contributed by atoms with Crippen molar-refractivity contribution >= 4 is 17.2 Å². The van der Waals surface area contributed by atoms with Crippen molar-refractivity contribution in [3.63, 3.8) is 0 Å². The first kappa shape index (κ1) is 20.8. The number of carbonyl (C=O) groups is 1. The molecule has 0 aliphatic carbocycles. The molecule has 3 aromatic carbocycles. The summed E-state index contributed by atoms with van der Waals surface area (Å²) in [5.74, 6) is 0.606. The summed E-state index contributed by atoms with van der Waals surface area (Å²) in [5.41, 5.74) is 6.38. The number of hydrogen-bond acceptors (Lipinski definition) is 4. The van der Waals surface area contributed by atoms with E-state index in [0.29, 0.717) is 6.54 Å². The third-order valence-electron chi connectivity index (χ3n) is 5.18. The molecular weight excluding hydrogens is 404 g/mol. The van der Waals surface area contributed by atoms with E-state index in [2.05, 4.69) is 22.8 Å². The average Bonchev–Trinajstić information content (AvgIpc) is 3.30. The summed E-state index contributed by atoms with van der Waals surface area (Å²) < 4.78 is 5.66. The summed E-state index contributed by atoms with van der Waals surface area (Å²) in [6, 6.07) is 24.1. The monoisotopic (exact) mass is 428 g/mol. The van der Waals surface area contributed by atoms with Crippen LogP contribution in [0, 0.1) is 13.8 Å². The van der Waals surface area contributed by atoms with Gasteiger partial charge in [0.05, 0.1) is 5.69 Å². The van der Waals surface area contributed by atoms with Gasteiger partial charge in [0, 0.05) is 23.1 Å². The molecule has 0 fully saturated rings. The Bertz CT molecular complexity index is 1170. The number of aryl methyl sites for hydroxylation is 1. The number of hydrogen-bond donors (Lipinski definition) is 1. The van der Waals surface area contributed by atoms with Crippen LogP contribution >= 0.6 is 11.3 Å². The molecule has 0 aliphatic heterocycles. The zero-order chi connectivity index (χ0) is 21.6. The Kier molecular flexibility index (Phi) is 6.43. The molecule has 4 aromatic rings. The first-order valence-electron chi connectivity index (χ1n) is 10.2. The number of nitrogens with zero attached hydrogens (tertiary/aromatic N) is 1. The number of aromatic nitrogens is 1. The molecule has 0 saturated heterocycles. The number of thiazole rings is 1. The summed E-state index contributed by atoms with van der Waals surface area (Å²) in [5, 5.41) is 5.99. The highest BCUT2D eigenvalue weighted by molar-refractivity contribution is 7.13. The summed E-state index contributed by atoms with van der Waals surface area (Å²) in [4.78, 5) is 16.9. The Morgan fingerprint density at radius 2 is 1.71 bits per heavy atom. The van der Waals surface area contributed by atoms with E-state index in [1.165, 1.54) is 0 Å². The zero-order valence-electron chi connectivity index (χ0n) is 17.6. The highest BCUT2D eigenvalue weighted by Gasteiger charge is 2.08. The molecule has 1 amide bonds. The largest absolute Gasteiger partial charge is 0.483 e. The van der Waals surface area contributed by atoms with E-state index in [9.17, 15) is 4.79 Å². The maximum absolute atomic E-state index is 12.2. The van der Waals surface area contributed by atoms with Crippen LogP contribution in [0.5, 0.6) is 5.75 Å². The first-order chi connectivity index (χ1) is 15.1. The van der Waals surface area contributed by atoms with E-state index in [0.717, 1.165) is 44.3 Å². The standard InChI is InChI=1S/C26H24N2O2S/c1-18-7-6-10-24(19(18)2)30-16-25(29)27-15-20-11-13-21(14-12-20)23-17-31-26(28-23)22-8-4-3-5-9-22/h3-14,17H,15-16H2,1-2H3,(H,27,29). The molecule has 1 N–H and O–H groups in total. The van der Waals surface area contributed by atoms with Gasteiger partial charge in [-0.05, 0) is 36.6 Å². The van der Waals surface area contributed by atoms with Crippen molar-refractivity contribution in [3.8, 4) is 27.6 Å². The molecule has 5 heteroatoms. The van der Waals surface area contributed by atoms with E-state index in [4.69, 9.17) is 9.72 Å². The van der Waals surface area contributed by atoms with Gasteiger partial charge in [0.25, 0.3) is 5.91 Å². The van der Waals surface area contributed by atoms with Crippen LogP contribution in [-0.2, 0) is 11.3 Å². The molecule has 0 radical (unpaired) electrons. The first-order valence-corrected chi connectivity index (χ1v) is 11.0. The van der Waals surface area contributed by atoms with Crippen LogP contribution in [0.25, 0.3) is 21.8 Å². The van der Waals surface area contributed by atoms with Gasteiger partial charge in [-0.1, -0.05) is 66.7 Å². The van der Waals surface area contributed by atoms with Crippen molar-refractivity contribution < 1.29 is 9.53 Å². The Morgan fingerprint density at radius 3 is 2.48 bits per heavy atom. The second-order valence-electron chi connectivity index (χ2n) is 7.36. The van der Waals surface area contributed by atoms with Gasteiger partial charge >= 0.3 is 0 Å². The Labute approximate surface area is 186 Å². The zero-order valence-corrected chi connectivity index (χ0v) is 18.4. The normalized spacial score (nSPS) is 10.6. The number of benzene rings is 3. The molecule has 4 rings (SSSR count). The molecule has 0 spiro atoms. The lowest BCUT2D eigenvalue weighted by Crippen LogP contribution is -2.28. The van der Waals surface area contributed by atoms with Crippen molar-refractivity contribution in [3.05, 3.63) is 94.9 Å². The fourth-order valence-corrected chi connectivity index (χ4v) is 4.02. The predicted octanol–water partition coefficient (Wildman–Crippen LogP) is 5.79. The SMILES string of the molecule is Cc1cccc(OCC(=O)NCc2ccc(-c3csc(-c4ccccc4)n3)cc2)c1C. The van der Waals surface area contributed by atoms with Gasteiger partial charge in [0.15, 0.2) is 6.61 Å². The molecule has 0 atom stereocenters. The Morgan fingerprint density at radius 1 is 0.935 bits per heavy atom. The van der Waals surface area contributed by atoms with E-state index < -0.39 is 0 Å². The number of nitrogens with one attached hydrogen (secondary N) is 1. The molecule has 156 valence electrons. The minimum Gasteiger partial charge on any atom is -0.483 e. The highest BCUT2D eigenvalue weighted by atomic mass is 32.1. The lowest BCUT2D eigenvalue weighted by atomic mass is 10.1. The topological polar surface area (TPSA) is 51.2 Å². The van der Waals surface area contributed by atoms with Crippen molar-refractivity contribution in [2.45, 2.75) is 20.4 Å². The van der Waals surface area contributed by atoms with Crippen LogP contribution in [-0.4, -0.2) is 17.5 Å². The average molecular weight is 429 g/mol. The van der Waals surface area contributed by atoms with E-state index >= 15 is 0 Å². The second-order valence-corrected chi connectivity index (χ2v) is 8.22. The molecule has 4 nitrogen and oxygen atoms in total. The van der Waals surface area contributed by atoms with Gasteiger partial charge in [-0.15, -0.1) is 11.3 Å².